The summed E-state index contributed by atoms with van der Waals surface area (Å²) < 4.78 is 0. The first-order chi connectivity index (χ1) is 12.2. The van der Waals surface area contributed by atoms with Gasteiger partial charge < -0.3 is 9.80 Å². The van der Waals surface area contributed by atoms with E-state index in [0.29, 0.717) is 0 Å². The van der Waals surface area contributed by atoms with Gasteiger partial charge in [-0.25, -0.2) is 4.98 Å². The Morgan fingerprint density at radius 1 is 0.760 bits per heavy atom. The SMILES string of the molecule is Clc1ccc(-c2csc(N3CCN(c4ccc(Cl)cc4)CC3)n2)cc1. The second kappa shape index (κ2) is 7.24. The van der Waals surface area contributed by atoms with E-state index in [1.54, 1.807) is 11.3 Å². The number of nitrogens with zero attached hydrogens (tertiary/aromatic N) is 3. The van der Waals surface area contributed by atoms with E-state index >= 15 is 0 Å². The summed E-state index contributed by atoms with van der Waals surface area (Å²) in [4.78, 5) is 9.56. The molecule has 0 radical (unpaired) electrons. The van der Waals surface area contributed by atoms with Crippen molar-refractivity contribution in [2.24, 2.45) is 0 Å². The van der Waals surface area contributed by atoms with E-state index in [1.807, 2.05) is 36.4 Å². The van der Waals surface area contributed by atoms with Crippen LogP contribution in [0.25, 0.3) is 11.3 Å². The van der Waals surface area contributed by atoms with Gasteiger partial charge in [-0.2, -0.15) is 0 Å². The number of aromatic nitrogens is 1. The van der Waals surface area contributed by atoms with Crippen molar-refractivity contribution in [1.29, 1.82) is 0 Å². The maximum atomic E-state index is 5.97. The first kappa shape index (κ1) is 16.7. The molecule has 2 heterocycles. The van der Waals surface area contributed by atoms with Crippen molar-refractivity contribution in [2.75, 3.05) is 36.0 Å². The third-order valence-electron chi connectivity index (χ3n) is 4.37. The lowest BCUT2D eigenvalue weighted by atomic mass is 10.2. The number of halogens is 2. The van der Waals surface area contributed by atoms with Crippen LogP contribution in [0.3, 0.4) is 0 Å². The molecule has 128 valence electrons. The van der Waals surface area contributed by atoms with Gasteiger partial charge in [-0.3, -0.25) is 0 Å². The van der Waals surface area contributed by atoms with Gasteiger partial charge in [0.15, 0.2) is 5.13 Å². The number of piperazine rings is 1. The van der Waals surface area contributed by atoms with Crippen LogP contribution in [0.1, 0.15) is 0 Å². The summed E-state index contributed by atoms with van der Waals surface area (Å²) in [5.41, 5.74) is 3.34. The van der Waals surface area contributed by atoms with Crippen molar-refractivity contribution in [1.82, 2.24) is 4.98 Å². The van der Waals surface area contributed by atoms with Gasteiger partial charge in [0.2, 0.25) is 0 Å². The Morgan fingerprint density at radius 3 is 1.96 bits per heavy atom. The second-order valence-corrected chi connectivity index (χ2v) is 7.68. The number of hydrogen-bond donors (Lipinski definition) is 0. The average molecular weight is 390 g/mol. The molecule has 3 nitrogen and oxygen atoms in total. The zero-order chi connectivity index (χ0) is 17.2. The lowest BCUT2D eigenvalue weighted by Gasteiger charge is -2.36. The Morgan fingerprint density at radius 2 is 1.32 bits per heavy atom. The highest BCUT2D eigenvalue weighted by Crippen LogP contribution is 2.29. The van der Waals surface area contributed by atoms with Crippen molar-refractivity contribution >= 4 is 45.4 Å². The van der Waals surface area contributed by atoms with Crippen LogP contribution in [0.15, 0.2) is 53.9 Å². The van der Waals surface area contributed by atoms with E-state index in [9.17, 15) is 0 Å². The van der Waals surface area contributed by atoms with Gasteiger partial charge in [-0.15, -0.1) is 11.3 Å². The molecule has 1 aromatic heterocycles. The van der Waals surface area contributed by atoms with Crippen molar-refractivity contribution in [3.8, 4) is 11.3 Å². The van der Waals surface area contributed by atoms with Gasteiger partial charge in [0, 0.05) is 52.9 Å². The summed E-state index contributed by atoms with van der Waals surface area (Å²) in [6, 6.07) is 15.9. The molecule has 1 aliphatic heterocycles. The average Bonchev–Trinajstić information content (AvgIpc) is 3.13. The van der Waals surface area contributed by atoms with E-state index in [-0.39, 0.29) is 0 Å². The molecule has 1 aliphatic rings. The van der Waals surface area contributed by atoms with Crippen LogP contribution in [-0.4, -0.2) is 31.2 Å². The van der Waals surface area contributed by atoms with Crippen LogP contribution < -0.4 is 9.80 Å². The summed E-state index contributed by atoms with van der Waals surface area (Å²) >= 11 is 13.6. The fourth-order valence-corrected chi connectivity index (χ4v) is 4.11. The number of thiazole rings is 1. The molecule has 0 spiro atoms. The number of anilines is 2. The van der Waals surface area contributed by atoms with E-state index in [4.69, 9.17) is 28.2 Å². The van der Waals surface area contributed by atoms with Crippen LogP contribution in [0.5, 0.6) is 0 Å². The molecule has 0 atom stereocenters. The van der Waals surface area contributed by atoms with Crippen LogP contribution in [0.2, 0.25) is 10.0 Å². The molecule has 3 aromatic rings. The molecule has 0 aliphatic carbocycles. The Labute approximate surface area is 161 Å². The summed E-state index contributed by atoms with van der Waals surface area (Å²) in [7, 11) is 0. The summed E-state index contributed by atoms with van der Waals surface area (Å²) in [6.45, 7) is 3.90. The second-order valence-electron chi connectivity index (χ2n) is 5.97. The van der Waals surface area contributed by atoms with E-state index in [2.05, 4.69) is 27.3 Å². The van der Waals surface area contributed by atoms with Crippen LogP contribution in [0.4, 0.5) is 10.8 Å². The van der Waals surface area contributed by atoms with E-state index in [1.165, 1.54) is 5.69 Å². The Kier molecular flexibility index (Phi) is 4.84. The predicted molar refractivity (Wildman–Crippen MR) is 108 cm³/mol. The molecule has 4 rings (SSSR count). The molecular weight excluding hydrogens is 373 g/mol. The molecule has 0 amide bonds. The van der Waals surface area contributed by atoms with Crippen molar-refractivity contribution < 1.29 is 0 Å². The molecule has 1 fully saturated rings. The van der Waals surface area contributed by atoms with Crippen LogP contribution in [0, 0.1) is 0 Å². The summed E-state index contributed by atoms with van der Waals surface area (Å²) in [6.07, 6.45) is 0. The van der Waals surface area contributed by atoms with Gasteiger partial charge in [0.05, 0.1) is 5.69 Å². The summed E-state index contributed by atoms with van der Waals surface area (Å²) in [5.74, 6) is 0. The molecule has 1 saturated heterocycles. The monoisotopic (exact) mass is 389 g/mol. The fraction of sp³-hybridized carbons (Fsp3) is 0.211. The van der Waals surface area contributed by atoms with Gasteiger partial charge in [-0.1, -0.05) is 35.3 Å². The Hall–Kier alpha value is -1.75. The highest BCUT2D eigenvalue weighted by molar-refractivity contribution is 7.14. The molecule has 2 aromatic carbocycles. The highest BCUT2D eigenvalue weighted by atomic mass is 35.5. The Balaban J connectivity index is 1.42. The van der Waals surface area contributed by atoms with Gasteiger partial charge in [0.25, 0.3) is 0 Å². The molecule has 0 N–H and O–H groups in total. The third-order valence-corrected chi connectivity index (χ3v) is 5.78. The summed E-state index contributed by atoms with van der Waals surface area (Å²) in [5, 5.41) is 4.72. The van der Waals surface area contributed by atoms with Crippen molar-refractivity contribution in [3.05, 3.63) is 64.0 Å². The van der Waals surface area contributed by atoms with Crippen molar-refractivity contribution in [2.45, 2.75) is 0 Å². The lowest BCUT2D eigenvalue weighted by molar-refractivity contribution is 0.652. The van der Waals surface area contributed by atoms with Crippen LogP contribution in [-0.2, 0) is 0 Å². The zero-order valence-corrected chi connectivity index (χ0v) is 15.9. The molecule has 0 bridgehead atoms. The predicted octanol–water partition coefficient (Wildman–Crippen LogP) is 5.44. The zero-order valence-electron chi connectivity index (χ0n) is 13.5. The molecule has 25 heavy (non-hydrogen) atoms. The van der Waals surface area contributed by atoms with Gasteiger partial charge >= 0.3 is 0 Å². The first-order valence-corrected chi connectivity index (χ1v) is 9.79. The Bertz CT molecular complexity index is 838. The van der Waals surface area contributed by atoms with Gasteiger partial charge in [-0.05, 0) is 36.4 Å². The van der Waals surface area contributed by atoms with Crippen molar-refractivity contribution in [3.63, 3.8) is 0 Å². The largest absolute Gasteiger partial charge is 0.368 e. The first-order valence-electron chi connectivity index (χ1n) is 8.16. The normalized spacial score (nSPS) is 14.8. The molecule has 0 unspecified atom stereocenters. The highest BCUT2D eigenvalue weighted by Gasteiger charge is 2.20. The van der Waals surface area contributed by atoms with E-state index in [0.717, 1.165) is 52.6 Å². The smallest absolute Gasteiger partial charge is 0.185 e. The standard InChI is InChI=1S/C19H17Cl2N3S/c20-15-3-1-14(2-4-15)18-13-25-19(22-18)24-11-9-23(10-12-24)17-7-5-16(21)6-8-17/h1-8,13H,9-12H2. The molecular formula is C19H17Cl2N3S. The quantitative estimate of drug-likeness (QED) is 0.593. The van der Waals surface area contributed by atoms with E-state index < -0.39 is 0 Å². The minimum Gasteiger partial charge on any atom is -0.368 e. The number of rotatable bonds is 3. The lowest BCUT2D eigenvalue weighted by Crippen LogP contribution is -2.46. The third kappa shape index (κ3) is 3.76. The molecule has 6 heteroatoms. The number of benzene rings is 2. The topological polar surface area (TPSA) is 19.4 Å². The maximum absolute atomic E-state index is 5.97. The minimum atomic E-state index is 0.748. The fourth-order valence-electron chi connectivity index (χ4n) is 2.97. The minimum absolute atomic E-state index is 0.748. The molecule has 0 saturated carbocycles. The van der Waals surface area contributed by atoms with Crippen LogP contribution >= 0.6 is 34.5 Å². The number of hydrogen-bond acceptors (Lipinski definition) is 4. The van der Waals surface area contributed by atoms with Gasteiger partial charge in [0.1, 0.15) is 0 Å². The maximum Gasteiger partial charge on any atom is 0.185 e.